The topological polar surface area (TPSA) is 74.2 Å². The van der Waals surface area contributed by atoms with Crippen LogP contribution < -0.4 is 14.7 Å². The van der Waals surface area contributed by atoms with Gasteiger partial charge >= 0.3 is 0 Å². The second-order valence-electron chi connectivity index (χ2n) is 6.48. The first-order valence-corrected chi connectivity index (χ1v) is 9.01. The maximum Gasteiger partial charge on any atom is 0.247 e. The quantitative estimate of drug-likeness (QED) is 0.678. The Morgan fingerprint density at radius 3 is 2.26 bits per heavy atom. The van der Waals surface area contributed by atoms with Crippen molar-refractivity contribution in [2.24, 2.45) is 0 Å². The Bertz CT molecular complexity index is 850. The number of nitrogens with zero attached hydrogens (tertiary/aromatic N) is 8. The molecule has 1 fully saturated rings. The molecule has 1 aromatic carbocycles. The molecule has 3 aromatic rings. The molecule has 8 heteroatoms. The fourth-order valence-electron chi connectivity index (χ4n) is 3.10. The van der Waals surface area contributed by atoms with Crippen molar-refractivity contribution in [2.45, 2.75) is 6.54 Å². The van der Waals surface area contributed by atoms with E-state index in [9.17, 15) is 0 Å². The third-order valence-electron chi connectivity index (χ3n) is 4.59. The van der Waals surface area contributed by atoms with Crippen LogP contribution in [-0.4, -0.2) is 58.4 Å². The van der Waals surface area contributed by atoms with Crippen LogP contribution in [0.15, 0.2) is 55.0 Å². The van der Waals surface area contributed by atoms with Crippen LogP contribution in [0.3, 0.4) is 0 Å². The van der Waals surface area contributed by atoms with Crippen LogP contribution in [0.2, 0.25) is 0 Å². The monoisotopic (exact) mass is 362 g/mol. The molecule has 3 heterocycles. The van der Waals surface area contributed by atoms with Gasteiger partial charge in [0.1, 0.15) is 0 Å². The normalized spacial score (nSPS) is 14.3. The zero-order valence-electron chi connectivity index (χ0n) is 15.3. The third-order valence-corrected chi connectivity index (χ3v) is 4.59. The van der Waals surface area contributed by atoms with E-state index in [0.29, 0.717) is 5.95 Å². The minimum absolute atomic E-state index is 0.668. The van der Waals surface area contributed by atoms with E-state index < -0.39 is 0 Å². The Morgan fingerprint density at radius 1 is 0.889 bits per heavy atom. The van der Waals surface area contributed by atoms with E-state index in [4.69, 9.17) is 4.98 Å². The summed E-state index contributed by atoms with van der Waals surface area (Å²) in [4.78, 5) is 19.8. The molecule has 27 heavy (non-hydrogen) atoms. The van der Waals surface area contributed by atoms with Crippen molar-refractivity contribution in [3.63, 3.8) is 0 Å². The predicted octanol–water partition coefficient (Wildman–Crippen LogP) is 1.62. The van der Waals surface area contributed by atoms with Gasteiger partial charge in [-0.1, -0.05) is 30.3 Å². The summed E-state index contributed by atoms with van der Waals surface area (Å²) in [6.07, 6.45) is 5.25. The molecule has 0 bridgehead atoms. The minimum atomic E-state index is 0.668. The van der Waals surface area contributed by atoms with Gasteiger partial charge < -0.3 is 14.7 Å². The van der Waals surface area contributed by atoms with Gasteiger partial charge in [0.15, 0.2) is 5.82 Å². The second-order valence-corrected chi connectivity index (χ2v) is 6.48. The smallest absolute Gasteiger partial charge is 0.247 e. The molecule has 8 nitrogen and oxygen atoms in total. The Kier molecular flexibility index (Phi) is 5.04. The highest BCUT2D eigenvalue weighted by Gasteiger charge is 2.21. The zero-order chi connectivity index (χ0) is 18.5. The average Bonchev–Trinajstić information content (AvgIpc) is 2.75. The molecule has 4 rings (SSSR count). The molecule has 0 atom stereocenters. The minimum Gasteiger partial charge on any atom is -0.354 e. The van der Waals surface area contributed by atoms with E-state index in [1.54, 1.807) is 18.6 Å². The highest BCUT2D eigenvalue weighted by atomic mass is 15.4. The van der Waals surface area contributed by atoms with E-state index in [1.807, 2.05) is 31.3 Å². The van der Waals surface area contributed by atoms with Crippen LogP contribution in [-0.2, 0) is 6.54 Å². The van der Waals surface area contributed by atoms with Gasteiger partial charge in [0, 0.05) is 52.2 Å². The number of hydrogen-bond donors (Lipinski definition) is 0. The fraction of sp³-hybridized carbons (Fsp3) is 0.316. The number of piperazine rings is 1. The number of benzene rings is 1. The lowest BCUT2D eigenvalue weighted by Crippen LogP contribution is -2.47. The van der Waals surface area contributed by atoms with Crippen LogP contribution in [0.4, 0.5) is 17.7 Å². The molecule has 0 saturated carbocycles. The van der Waals surface area contributed by atoms with Crippen molar-refractivity contribution in [1.82, 2.24) is 25.1 Å². The van der Waals surface area contributed by atoms with Gasteiger partial charge in [0.25, 0.3) is 0 Å². The summed E-state index contributed by atoms with van der Waals surface area (Å²) in [5.41, 5.74) is 1.23. The Hall–Kier alpha value is -3.29. The highest BCUT2D eigenvalue weighted by Crippen LogP contribution is 2.17. The maximum absolute atomic E-state index is 4.72. The Morgan fingerprint density at radius 2 is 1.56 bits per heavy atom. The molecule has 138 valence electrons. The summed E-state index contributed by atoms with van der Waals surface area (Å²) in [7, 11) is 2.02. The standard InChI is InChI=1S/C19H22N8/c1-25(15-16-6-3-2-4-7-16)17-14-22-24-19(23-17)27-12-10-26(11-13-27)18-20-8-5-9-21-18/h2-9,14H,10-13,15H2,1H3. The molecule has 1 aliphatic rings. The summed E-state index contributed by atoms with van der Waals surface area (Å²) in [6.45, 7) is 4.06. The Balaban J connectivity index is 1.41. The van der Waals surface area contributed by atoms with Crippen LogP contribution in [0.1, 0.15) is 5.56 Å². The molecule has 0 unspecified atom stereocenters. The van der Waals surface area contributed by atoms with Gasteiger partial charge in [-0.15, -0.1) is 5.10 Å². The van der Waals surface area contributed by atoms with Crippen molar-refractivity contribution in [3.8, 4) is 0 Å². The van der Waals surface area contributed by atoms with Crippen molar-refractivity contribution < 1.29 is 0 Å². The Labute approximate surface area is 158 Å². The molecular formula is C19H22N8. The molecule has 0 amide bonds. The van der Waals surface area contributed by atoms with E-state index in [1.165, 1.54) is 5.56 Å². The summed E-state index contributed by atoms with van der Waals surface area (Å²) in [5, 5.41) is 8.40. The molecular weight excluding hydrogens is 340 g/mol. The average molecular weight is 362 g/mol. The van der Waals surface area contributed by atoms with Gasteiger partial charge in [-0.3, -0.25) is 0 Å². The van der Waals surface area contributed by atoms with Gasteiger partial charge in [-0.2, -0.15) is 10.1 Å². The number of rotatable bonds is 5. The van der Waals surface area contributed by atoms with Gasteiger partial charge in [-0.05, 0) is 11.6 Å². The maximum atomic E-state index is 4.72. The first kappa shape index (κ1) is 17.1. The first-order valence-electron chi connectivity index (χ1n) is 9.01. The number of hydrogen-bond acceptors (Lipinski definition) is 8. The highest BCUT2D eigenvalue weighted by molar-refractivity contribution is 5.43. The fourth-order valence-corrected chi connectivity index (χ4v) is 3.10. The van der Waals surface area contributed by atoms with Gasteiger partial charge in [0.05, 0.1) is 6.20 Å². The van der Waals surface area contributed by atoms with Crippen molar-refractivity contribution in [2.75, 3.05) is 47.9 Å². The van der Waals surface area contributed by atoms with Gasteiger partial charge in [0.2, 0.25) is 11.9 Å². The van der Waals surface area contributed by atoms with Crippen molar-refractivity contribution in [1.29, 1.82) is 0 Å². The van der Waals surface area contributed by atoms with E-state index in [0.717, 1.165) is 44.5 Å². The number of aromatic nitrogens is 5. The van der Waals surface area contributed by atoms with Crippen LogP contribution in [0.25, 0.3) is 0 Å². The van der Waals surface area contributed by atoms with Crippen LogP contribution in [0, 0.1) is 0 Å². The van der Waals surface area contributed by atoms with Gasteiger partial charge in [-0.25, -0.2) is 9.97 Å². The molecule has 0 radical (unpaired) electrons. The molecule has 1 aliphatic heterocycles. The molecule has 1 saturated heterocycles. The summed E-state index contributed by atoms with van der Waals surface area (Å²) >= 11 is 0. The lowest BCUT2D eigenvalue weighted by Gasteiger charge is -2.34. The first-order chi connectivity index (χ1) is 13.3. The summed E-state index contributed by atoms with van der Waals surface area (Å²) in [5.74, 6) is 2.26. The second kappa shape index (κ2) is 7.94. The molecule has 0 aliphatic carbocycles. The number of anilines is 3. The van der Waals surface area contributed by atoms with Crippen molar-refractivity contribution in [3.05, 3.63) is 60.6 Å². The van der Waals surface area contributed by atoms with Crippen molar-refractivity contribution >= 4 is 17.7 Å². The predicted molar refractivity (Wildman–Crippen MR) is 105 cm³/mol. The SMILES string of the molecule is CN(Cc1ccccc1)c1cnnc(N2CCN(c3ncccn3)CC2)n1. The molecule has 2 aromatic heterocycles. The largest absolute Gasteiger partial charge is 0.354 e. The summed E-state index contributed by atoms with van der Waals surface area (Å²) < 4.78 is 0. The third kappa shape index (κ3) is 4.11. The summed E-state index contributed by atoms with van der Waals surface area (Å²) in [6, 6.07) is 12.2. The molecule has 0 spiro atoms. The van der Waals surface area contributed by atoms with E-state index in [-0.39, 0.29) is 0 Å². The zero-order valence-corrected chi connectivity index (χ0v) is 15.3. The van der Waals surface area contributed by atoms with E-state index >= 15 is 0 Å². The van der Waals surface area contributed by atoms with E-state index in [2.05, 4.69) is 47.0 Å². The van der Waals surface area contributed by atoms with Crippen LogP contribution in [0.5, 0.6) is 0 Å². The molecule has 0 N–H and O–H groups in total. The lowest BCUT2D eigenvalue weighted by molar-refractivity contribution is 0.622. The lowest BCUT2D eigenvalue weighted by atomic mass is 10.2. The van der Waals surface area contributed by atoms with Crippen LogP contribution >= 0.6 is 0 Å².